The standard InChI is InChI=1S/C14H28N2O/c1-5-7-13-15-10-14(17)16(13)12(4)9-6-8-11(2)3/h11-13,15H,5-10H2,1-4H3. The van der Waals surface area contributed by atoms with Crippen molar-refractivity contribution in [3.63, 3.8) is 0 Å². The normalized spacial score (nSPS) is 22.5. The fourth-order valence-corrected chi connectivity index (χ4v) is 2.60. The highest BCUT2D eigenvalue weighted by Gasteiger charge is 2.32. The summed E-state index contributed by atoms with van der Waals surface area (Å²) in [6.07, 6.45) is 6.09. The minimum Gasteiger partial charge on any atom is -0.323 e. The number of nitrogens with zero attached hydrogens (tertiary/aromatic N) is 1. The highest BCUT2D eigenvalue weighted by atomic mass is 16.2. The molecule has 1 aliphatic heterocycles. The van der Waals surface area contributed by atoms with Crippen molar-refractivity contribution in [1.82, 2.24) is 10.2 Å². The number of carbonyl (C=O) groups is 1. The third-order valence-corrected chi connectivity index (χ3v) is 3.55. The second-order valence-corrected chi connectivity index (χ2v) is 5.66. The molecule has 3 nitrogen and oxygen atoms in total. The second-order valence-electron chi connectivity index (χ2n) is 5.66. The summed E-state index contributed by atoms with van der Waals surface area (Å²) in [6.45, 7) is 9.40. The molecule has 1 saturated heterocycles. The Hall–Kier alpha value is -0.570. The summed E-state index contributed by atoms with van der Waals surface area (Å²) in [5.74, 6) is 1.04. The molecule has 0 aromatic rings. The van der Waals surface area contributed by atoms with Crippen molar-refractivity contribution in [2.24, 2.45) is 5.92 Å². The van der Waals surface area contributed by atoms with E-state index in [1.807, 2.05) is 0 Å². The van der Waals surface area contributed by atoms with Crippen molar-refractivity contribution < 1.29 is 4.79 Å². The zero-order chi connectivity index (χ0) is 12.8. The molecule has 0 aliphatic carbocycles. The average Bonchev–Trinajstić information content (AvgIpc) is 2.60. The predicted molar refractivity (Wildman–Crippen MR) is 71.7 cm³/mol. The van der Waals surface area contributed by atoms with Crippen LogP contribution in [0, 0.1) is 5.92 Å². The first-order chi connectivity index (χ1) is 8.06. The highest BCUT2D eigenvalue weighted by molar-refractivity contribution is 5.80. The Kier molecular flexibility index (Phi) is 5.96. The first-order valence-corrected chi connectivity index (χ1v) is 7.10. The van der Waals surface area contributed by atoms with Crippen molar-refractivity contribution in [1.29, 1.82) is 0 Å². The van der Waals surface area contributed by atoms with Crippen LogP contribution in [0.15, 0.2) is 0 Å². The van der Waals surface area contributed by atoms with E-state index in [0.717, 1.165) is 25.2 Å². The quantitative estimate of drug-likeness (QED) is 0.742. The van der Waals surface area contributed by atoms with Crippen LogP contribution in [0.3, 0.4) is 0 Å². The number of hydrogen-bond donors (Lipinski definition) is 1. The van der Waals surface area contributed by atoms with Gasteiger partial charge in [0.15, 0.2) is 0 Å². The van der Waals surface area contributed by atoms with Gasteiger partial charge in [0.05, 0.1) is 12.7 Å². The van der Waals surface area contributed by atoms with Crippen molar-refractivity contribution >= 4 is 5.91 Å². The third-order valence-electron chi connectivity index (χ3n) is 3.55. The maximum absolute atomic E-state index is 11.9. The van der Waals surface area contributed by atoms with Gasteiger partial charge in [-0.2, -0.15) is 0 Å². The van der Waals surface area contributed by atoms with E-state index in [0.29, 0.717) is 12.6 Å². The van der Waals surface area contributed by atoms with E-state index in [2.05, 4.69) is 37.9 Å². The first kappa shape index (κ1) is 14.5. The fourth-order valence-electron chi connectivity index (χ4n) is 2.60. The van der Waals surface area contributed by atoms with E-state index in [1.54, 1.807) is 0 Å². The summed E-state index contributed by atoms with van der Waals surface area (Å²) in [5.41, 5.74) is 0. The van der Waals surface area contributed by atoms with E-state index in [4.69, 9.17) is 0 Å². The molecule has 1 rings (SSSR count). The van der Waals surface area contributed by atoms with Gasteiger partial charge in [0.25, 0.3) is 0 Å². The Morgan fingerprint density at radius 3 is 2.65 bits per heavy atom. The molecule has 1 aliphatic rings. The summed E-state index contributed by atoms with van der Waals surface area (Å²) in [4.78, 5) is 13.9. The smallest absolute Gasteiger partial charge is 0.238 e. The van der Waals surface area contributed by atoms with Crippen LogP contribution in [0.2, 0.25) is 0 Å². The van der Waals surface area contributed by atoms with Crippen molar-refractivity contribution in [3.05, 3.63) is 0 Å². The maximum atomic E-state index is 11.9. The molecule has 0 bridgehead atoms. The molecule has 0 spiro atoms. The van der Waals surface area contributed by atoms with Crippen molar-refractivity contribution in [2.45, 2.75) is 72.0 Å². The van der Waals surface area contributed by atoms with Gasteiger partial charge in [0.2, 0.25) is 5.91 Å². The summed E-state index contributed by atoms with van der Waals surface area (Å²) < 4.78 is 0. The lowest BCUT2D eigenvalue weighted by Crippen LogP contribution is -2.43. The summed E-state index contributed by atoms with van der Waals surface area (Å²) in [7, 11) is 0. The lowest BCUT2D eigenvalue weighted by molar-refractivity contribution is -0.130. The number of nitrogens with one attached hydrogen (secondary N) is 1. The monoisotopic (exact) mass is 240 g/mol. The Morgan fingerprint density at radius 2 is 2.06 bits per heavy atom. The van der Waals surface area contributed by atoms with Crippen molar-refractivity contribution in [3.8, 4) is 0 Å². The van der Waals surface area contributed by atoms with Crippen LogP contribution in [0.1, 0.15) is 59.8 Å². The topological polar surface area (TPSA) is 32.3 Å². The molecule has 3 heteroatoms. The molecule has 0 aromatic heterocycles. The van der Waals surface area contributed by atoms with E-state index in [1.165, 1.54) is 12.8 Å². The zero-order valence-corrected chi connectivity index (χ0v) is 11.8. The van der Waals surface area contributed by atoms with E-state index in [9.17, 15) is 4.79 Å². The van der Waals surface area contributed by atoms with Crippen LogP contribution in [0.4, 0.5) is 0 Å². The van der Waals surface area contributed by atoms with Gasteiger partial charge in [0.1, 0.15) is 0 Å². The van der Waals surface area contributed by atoms with E-state index in [-0.39, 0.29) is 12.1 Å². The number of hydrogen-bond acceptors (Lipinski definition) is 2. The van der Waals surface area contributed by atoms with Crippen LogP contribution in [0.25, 0.3) is 0 Å². The third kappa shape index (κ3) is 4.30. The Balaban J connectivity index is 2.41. The molecule has 1 heterocycles. The largest absolute Gasteiger partial charge is 0.323 e. The molecule has 2 atom stereocenters. The Labute approximate surface area is 106 Å². The van der Waals surface area contributed by atoms with E-state index < -0.39 is 0 Å². The molecule has 1 fully saturated rings. The zero-order valence-electron chi connectivity index (χ0n) is 11.8. The maximum Gasteiger partial charge on any atom is 0.238 e. The Morgan fingerprint density at radius 1 is 1.35 bits per heavy atom. The van der Waals surface area contributed by atoms with E-state index >= 15 is 0 Å². The van der Waals surface area contributed by atoms with Crippen molar-refractivity contribution in [2.75, 3.05) is 6.54 Å². The summed E-state index contributed by atoms with van der Waals surface area (Å²) in [5, 5.41) is 3.31. The van der Waals surface area contributed by atoms with Gasteiger partial charge >= 0.3 is 0 Å². The van der Waals surface area contributed by atoms with Gasteiger partial charge in [-0.3, -0.25) is 10.1 Å². The van der Waals surface area contributed by atoms with Crippen LogP contribution in [-0.4, -0.2) is 29.6 Å². The molecular weight excluding hydrogens is 212 g/mol. The predicted octanol–water partition coefficient (Wildman–Crippen LogP) is 2.76. The van der Waals surface area contributed by atoms with Gasteiger partial charge in [-0.05, 0) is 25.7 Å². The SMILES string of the molecule is CCCC1NCC(=O)N1C(C)CCCC(C)C. The molecule has 0 aromatic carbocycles. The van der Waals surface area contributed by atoms with Crippen LogP contribution < -0.4 is 5.32 Å². The molecule has 0 saturated carbocycles. The molecule has 1 N–H and O–H groups in total. The number of carbonyl (C=O) groups excluding carboxylic acids is 1. The van der Waals surface area contributed by atoms with Gasteiger partial charge < -0.3 is 4.90 Å². The lowest BCUT2D eigenvalue weighted by Gasteiger charge is -2.30. The summed E-state index contributed by atoms with van der Waals surface area (Å²) >= 11 is 0. The Bertz CT molecular complexity index is 240. The second kappa shape index (κ2) is 7.00. The highest BCUT2D eigenvalue weighted by Crippen LogP contribution is 2.19. The first-order valence-electron chi connectivity index (χ1n) is 7.10. The summed E-state index contributed by atoms with van der Waals surface area (Å²) in [6, 6.07) is 0.382. The molecule has 0 radical (unpaired) electrons. The lowest BCUT2D eigenvalue weighted by atomic mass is 10.0. The van der Waals surface area contributed by atoms with Crippen LogP contribution >= 0.6 is 0 Å². The van der Waals surface area contributed by atoms with Gasteiger partial charge in [-0.1, -0.05) is 40.0 Å². The minimum atomic E-state index is 0.278. The minimum absolute atomic E-state index is 0.278. The molecule has 1 amide bonds. The fraction of sp³-hybridized carbons (Fsp3) is 0.929. The van der Waals surface area contributed by atoms with Gasteiger partial charge in [-0.25, -0.2) is 0 Å². The molecule has 100 valence electrons. The molecule has 2 unspecified atom stereocenters. The van der Waals surface area contributed by atoms with Crippen LogP contribution in [0.5, 0.6) is 0 Å². The van der Waals surface area contributed by atoms with Gasteiger partial charge in [0, 0.05) is 6.04 Å². The van der Waals surface area contributed by atoms with Gasteiger partial charge in [-0.15, -0.1) is 0 Å². The average molecular weight is 240 g/mol. The van der Waals surface area contributed by atoms with Crippen LogP contribution in [-0.2, 0) is 4.79 Å². The number of amides is 1. The number of rotatable bonds is 7. The molecular formula is C14H28N2O. The molecule has 17 heavy (non-hydrogen) atoms.